The highest BCUT2D eigenvalue weighted by atomic mass is 19.1. The fourth-order valence-electron chi connectivity index (χ4n) is 2.45. The molecule has 0 fully saturated rings. The van der Waals surface area contributed by atoms with Crippen LogP contribution in [0.5, 0.6) is 0 Å². The first-order valence-electron chi connectivity index (χ1n) is 6.31. The lowest BCUT2D eigenvalue weighted by molar-refractivity contribution is 0.283. The molecule has 0 bridgehead atoms. The Labute approximate surface area is 114 Å². The average Bonchev–Trinajstić information content (AvgIpc) is 2.86. The minimum Gasteiger partial charge on any atom is -0.392 e. The predicted octanol–water partition coefficient (Wildman–Crippen LogP) is 3.46. The van der Waals surface area contributed by atoms with Crippen molar-refractivity contribution in [2.24, 2.45) is 0 Å². The summed E-state index contributed by atoms with van der Waals surface area (Å²) in [5.41, 5.74) is 1.57. The number of aliphatic hydroxyl groups is 1. The third-order valence-corrected chi connectivity index (χ3v) is 3.43. The first-order chi connectivity index (χ1) is 9.70. The average molecular weight is 273 g/mol. The van der Waals surface area contributed by atoms with Gasteiger partial charge in [0.05, 0.1) is 18.7 Å². The number of hydrogen-bond donors (Lipinski definition) is 1. The second-order valence-corrected chi connectivity index (χ2v) is 4.66. The number of nitrogens with zero attached hydrogens (tertiary/aromatic N) is 1. The van der Waals surface area contributed by atoms with Crippen molar-refractivity contribution in [1.82, 2.24) is 4.57 Å². The molecule has 0 radical (unpaired) electrons. The normalized spacial score (nSPS) is 11.2. The molecule has 102 valence electrons. The van der Waals surface area contributed by atoms with Gasteiger partial charge in [0.1, 0.15) is 11.6 Å². The van der Waals surface area contributed by atoms with E-state index >= 15 is 0 Å². The molecule has 20 heavy (non-hydrogen) atoms. The smallest absolute Gasteiger partial charge is 0.131 e. The highest BCUT2D eigenvalue weighted by Gasteiger charge is 2.12. The molecule has 4 heteroatoms. The number of fused-ring (bicyclic) bond motifs is 1. The van der Waals surface area contributed by atoms with Crippen molar-refractivity contribution >= 4 is 10.9 Å². The van der Waals surface area contributed by atoms with E-state index in [4.69, 9.17) is 0 Å². The number of aromatic nitrogens is 1. The molecule has 1 N–H and O–H groups in total. The van der Waals surface area contributed by atoms with Crippen molar-refractivity contribution in [2.45, 2.75) is 13.2 Å². The highest BCUT2D eigenvalue weighted by molar-refractivity contribution is 5.83. The van der Waals surface area contributed by atoms with Crippen LogP contribution in [0.4, 0.5) is 8.78 Å². The Morgan fingerprint density at radius 3 is 2.35 bits per heavy atom. The predicted molar refractivity (Wildman–Crippen MR) is 73.3 cm³/mol. The topological polar surface area (TPSA) is 25.2 Å². The molecule has 0 amide bonds. The molecule has 0 unspecified atom stereocenters. The van der Waals surface area contributed by atoms with E-state index in [1.165, 1.54) is 18.2 Å². The number of hydrogen-bond acceptors (Lipinski definition) is 1. The van der Waals surface area contributed by atoms with Gasteiger partial charge in [0.15, 0.2) is 0 Å². The van der Waals surface area contributed by atoms with Crippen molar-refractivity contribution in [3.05, 3.63) is 71.4 Å². The molecule has 0 aliphatic heterocycles. The van der Waals surface area contributed by atoms with Gasteiger partial charge >= 0.3 is 0 Å². The molecule has 0 aliphatic carbocycles. The van der Waals surface area contributed by atoms with Crippen LogP contribution < -0.4 is 0 Å². The zero-order valence-electron chi connectivity index (χ0n) is 10.7. The molecule has 0 aliphatic rings. The maximum atomic E-state index is 13.7. The van der Waals surface area contributed by atoms with E-state index in [2.05, 4.69) is 0 Å². The van der Waals surface area contributed by atoms with Gasteiger partial charge in [-0.05, 0) is 23.6 Å². The van der Waals surface area contributed by atoms with Crippen LogP contribution >= 0.6 is 0 Å². The van der Waals surface area contributed by atoms with E-state index in [0.29, 0.717) is 0 Å². The van der Waals surface area contributed by atoms with Gasteiger partial charge in [-0.2, -0.15) is 0 Å². The summed E-state index contributed by atoms with van der Waals surface area (Å²) in [7, 11) is 0. The number of para-hydroxylation sites is 1. The molecular weight excluding hydrogens is 260 g/mol. The van der Waals surface area contributed by atoms with Crippen molar-refractivity contribution in [2.75, 3.05) is 0 Å². The summed E-state index contributed by atoms with van der Waals surface area (Å²) in [6.45, 7) is -0.0138. The van der Waals surface area contributed by atoms with Gasteiger partial charge in [0, 0.05) is 17.3 Å². The van der Waals surface area contributed by atoms with Crippen LogP contribution in [0.3, 0.4) is 0 Å². The number of aliphatic hydroxyl groups excluding tert-OH is 1. The largest absolute Gasteiger partial charge is 0.392 e. The summed E-state index contributed by atoms with van der Waals surface area (Å²) >= 11 is 0. The van der Waals surface area contributed by atoms with Crippen molar-refractivity contribution in [3.8, 4) is 0 Å². The molecule has 2 aromatic carbocycles. The van der Waals surface area contributed by atoms with Crippen LogP contribution in [0.1, 0.15) is 11.1 Å². The van der Waals surface area contributed by atoms with Crippen LogP contribution in [0.2, 0.25) is 0 Å². The number of rotatable bonds is 3. The second kappa shape index (κ2) is 5.06. The van der Waals surface area contributed by atoms with Gasteiger partial charge in [-0.15, -0.1) is 0 Å². The highest BCUT2D eigenvalue weighted by Crippen LogP contribution is 2.23. The molecule has 3 aromatic rings. The summed E-state index contributed by atoms with van der Waals surface area (Å²) < 4.78 is 29.2. The molecule has 1 heterocycles. The van der Waals surface area contributed by atoms with Crippen LogP contribution in [-0.2, 0) is 13.2 Å². The van der Waals surface area contributed by atoms with Gasteiger partial charge in [0.2, 0.25) is 0 Å². The minimum atomic E-state index is -0.562. The number of benzene rings is 2. The van der Waals surface area contributed by atoms with Crippen LogP contribution in [0.25, 0.3) is 10.9 Å². The first kappa shape index (κ1) is 12.8. The monoisotopic (exact) mass is 273 g/mol. The lowest BCUT2D eigenvalue weighted by Crippen LogP contribution is -2.04. The Kier molecular flexibility index (Phi) is 3.24. The second-order valence-electron chi connectivity index (χ2n) is 4.66. The SMILES string of the molecule is OCc1cccc2ccn(Cc3c(F)cccc3F)c12. The van der Waals surface area contributed by atoms with Gasteiger partial charge in [-0.25, -0.2) is 8.78 Å². The Balaban J connectivity index is 2.12. The maximum absolute atomic E-state index is 13.7. The quantitative estimate of drug-likeness (QED) is 0.776. The lowest BCUT2D eigenvalue weighted by atomic mass is 10.1. The Morgan fingerprint density at radius 2 is 1.65 bits per heavy atom. The van der Waals surface area contributed by atoms with Gasteiger partial charge in [0.25, 0.3) is 0 Å². The minimum absolute atomic E-state index is 0.0257. The third-order valence-electron chi connectivity index (χ3n) is 3.43. The fourth-order valence-corrected chi connectivity index (χ4v) is 2.45. The molecule has 3 rings (SSSR count). The van der Waals surface area contributed by atoms with Crippen LogP contribution in [0.15, 0.2) is 48.7 Å². The van der Waals surface area contributed by atoms with Crippen LogP contribution in [-0.4, -0.2) is 9.67 Å². The fraction of sp³-hybridized carbons (Fsp3) is 0.125. The van der Waals surface area contributed by atoms with E-state index in [9.17, 15) is 13.9 Å². The summed E-state index contributed by atoms with van der Waals surface area (Å²) in [6, 6.07) is 11.3. The van der Waals surface area contributed by atoms with E-state index in [-0.39, 0.29) is 18.7 Å². The summed E-state index contributed by atoms with van der Waals surface area (Å²) in [5.74, 6) is -1.12. The summed E-state index contributed by atoms with van der Waals surface area (Å²) in [6.07, 6.45) is 1.77. The van der Waals surface area contributed by atoms with E-state index in [1.807, 2.05) is 18.2 Å². The van der Waals surface area contributed by atoms with E-state index < -0.39 is 11.6 Å². The molecule has 1 aromatic heterocycles. The van der Waals surface area contributed by atoms with E-state index in [1.54, 1.807) is 16.8 Å². The van der Waals surface area contributed by atoms with Crippen molar-refractivity contribution < 1.29 is 13.9 Å². The standard InChI is InChI=1S/C16H13F2NO/c17-14-5-2-6-15(18)13(14)9-19-8-7-11-3-1-4-12(10-20)16(11)19/h1-8,20H,9-10H2. The molecule has 0 spiro atoms. The summed E-state index contributed by atoms with van der Waals surface area (Å²) in [4.78, 5) is 0. The van der Waals surface area contributed by atoms with Gasteiger partial charge in [-0.1, -0.05) is 24.3 Å². The Hall–Kier alpha value is -2.20. The molecular formula is C16H13F2NO. The van der Waals surface area contributed by atoms with Gasteiger partial charge in [-0.3, -0.25) is 0 Å². The molecule has 0 saturated heterocycles. The lowest BCUT2D eigenvalue weighted by Gasteiger charge is -2.10. The van der Waals surface area contributed by atoms with Gasteiger partial charge < -0.3 is 9.67 Å². The Morgan fingerprint density at radius 1 is 0.950 bits per heavy atom. The molecule has 0 atom stereocenters. The third kappa shape index (κ3) is 2.08. The maximum Gasteiger partial charge on any atom is 0.131 e. The zero-order chi connectivity index (χ0) is 14.1. The number of halogens is 2. The van der Waals surface area contributed by atoms with Crippen molar-refractivity contribution in [1.29, 1.82) is 0 Å². The zero-order valence-corrected chi connectivity index (χ0v) is 10.7. The van der Waals surface area contributed by atoms with Crippen molar-refractivity contribution in [3.63, 3.8) is 0 Å². The molecule has 2 nitrogen and oxygen atoms in total. The van der Waals surface area contributed by atoms with Crippen LogP contribution in [0, 0.1) is 11.6 Å². The Bertz CT molecular complexity index is 744. The molecule has 0 saturated carbocycles. The summed E-state index contributed by atoms with van der Waals surface area (Å²) in [5, 5.41) is 10.3. The first-order valence-corrected chi connectivity index (χ1v) is 6.31. The van der Waals surface area contributed by atoms with E-state index in [0.717, 1.165) is 16.5 Å².